The lowest BCUT2D eigenvalue weighted by atomic mass is 9.99. The van der Waals surface area contributed by atoms with Crippen molar-refractivity contribution >= 4 is 0 Å². The second kappa shape index (κ2) is 8.97. The topological polar surface area (TPSA) is 33.3 Å². The van der Waals surface area contributed by atoms with Crippen molar-refractivity contribution in [2.75, 3.05) is 32.8 Å². The van der Waals surface area contributed by atoms with Gasteiger partial charge < -0.3 is 15.4 Å². The average molecular weight is 228 g/mol. The third-order valence-electron chi connectivity index (χ3n) is 3.35. The summed E-state index contributed by atoms with van der Waals surface area (Å²) in [5, 5.41) is 6.91. The van der Waals surface area contributed by atoms with E-state index in [2.05, 4.69) is 24.5 Å². The molecule has 3 nitrogen and oxygen atoms in total. The minimum Gasteiger partial charge on any atom is -0.374 e. The van der Waals surface area contributed by atoms with Crippen LogP contribution >= 0.6 is 0 Å². The van der Waals surface area contributed by atoms with Gasteiger partial charge in [0.25, 0.3) is 0 Å². The third kappa shape index (κ3) is 5.83. The fourth-order valence-corrected chi connectivity index (χ4v) is 2.14. The first-order valence-corrected chi connectivity index (χ1v) is 6.89. The van der Waals surface area contributed by atoms with Gasteiger partial charge in [-0.2, -0.15) is 0 Å². The van der Waals surface area contributed by atoms with Crippen LogP contribution in [0.2, 0.25) is 0 Å². The van der Waals surface area contributed by atoms with Gasteiger partial charge in [-0.3, -0.25) is 0 Å². The molecule has 0 aliphatic carbocycles. The summed E-state index contributed by atoms with van der Waals surface area (Å²) < 4.78 is 5.65. The van der Waals surface area contributed by atoms with Gasteiger partial charge in [0.2, 0.25) is 0 Å². The van der Waals surface area contributed by atoms with E-state index in [1.54, 1.807) is 0 Å². The first-order chi connectivity index (χ1) is 7.86. The Kier molecular flexibility index (Phi) is 7.81. The van der Waals surface area contributed by atoms with Crippen molar-refractivity contribution in [2.45, 2.75) is 45.6 Å². The summed E-state index contributed by atoms with van der Waals surface area (Å²) in [6.07, 6.45) is 5.70. The van der Waals surface area contributed by atoms with E-state index < -0.39 is 0 Å². The summed E-state index contributed by atoms with van der Waals surface area (Å²) in [7, 11) is 0. The van der Waals surface area contributed by atoms with E-state index in [4.69, 9.17) is 4.74 Å². The SMILES string of the molecule is CCCCC(CC)CNCC1CNCCO1. The minimum atomic E-state index is 0.373. The smallest absolute Gasteiger partial charge is 0.0824 e. The molecule has 96 valence electrons. The van der Waals surface area contributed by atoms with Crippen molar-refractivity contribution in [2.24, 2.45) is 5.92 Å². The molecule has 16 heavy (non-hydrogen) atoms. The van der Waals surface area contributed by atoms with Crippen LogP contribution in [0.15, 0.2) is 0 Å². The molecule has 0 aromatic rings. The maximum absolute atomic E-state index is 5.65. The minimum absolute atomic E-state index is 0.373. The lowest BCUT2D eigenvalue weighted by molar-refractivity contribution is 0.0287. The maximum atomic E-state index is 5.65. The molecule has 2 atom stereocenters. The van der Waals surface area contributed by atoms with Gasteiger partial charge in [-0.15, -0.1) is 0 Å². The Morgan fingerprint density at radius 1 is 1.44 bits per heavy atom. The summed E-state index contributed by atoms with van der Waals surface area (Å²) in [6.45, 7) is 9.57. The van der Waals surface area contributed by atoms with Gasteiger partial charge >= 0.3 is 0 Å². The van der Waals surface area contributed by atoms with Gasteiger partial charge in [-0.1, -0.05) is 33.1 Å². The number of rotatable bonds is 8. The summed E-state index contributed by atoms with van der Waals surface area (Å²) in [4.78, 5) is 0. The molecule has 0 radical (unpaired) electrons. The zero-order valence-electron chi connectivity index (χ0n) is 10.9. The summed E-state index contributed by atoms with van der Waals surface area (Å²) in [6, 6.07) is 0. The van der Waals surface area contributed by atoms with Crippen molar-refractivity contribution in [1.82, 2.24) is 10.6 Å². The predicted molar refractivity (Wildman–Crippen MR) is 68.8 cm³/mol. The van der Waals surface area contributed by atoms with E-state index >= 15 is 0 Å². The van der Waals surface area contributed by atoms with Crippen molar-refractivity contribution in [3.8, 4) is 0 Å². The molecule has 1 heterocycles. The first kappa shape index (κ1) is 13.9. The molecule has 0 aromatic heterocycles. The number of hydrogen-bond acceptors (Lipinski definition) is 3. The molecule has 0 saturated carbocycles. The molecule has 0 aromatic carbocycles. The van der Waals surface area contributed by atoms with Crippen LogP contribution in [0.1, 0.15) is 39.5 Å². The Bertz CT molecular complexity index is 158. The normalized spacial score (nSPS) is 23.2. The number of hydrogen-bond donors (Lipinski definition) is 2. The van der Waals surface area contributed by atoms with Crippen LogP contribution in [0.3, 0.4) is 0 Å². The van der Waals surface area contributed by atoms with Crippen LogP contribution in [0.4, 0.5) is 0 Å². The Balaban J connectivity index is 2.02. The van der Waals surface area contributed by atoms with E-state index in [1.165, 1.54) is 25.7 Å². The van der Waals surface area contributed by atoms with Crippen LogP contribution in [0.5, 0.6) is 0 Å². The number of morpholine rings is 1. The molecular formula is C13H28N2O. The van der Waals surface area contributed by atoms with E-state index in [0.29, 0.717) is 6.10 Å². The molecule has 1 saturated heterocycles. The van der Waals surface area contributed by atoms with Gasteiger partial charge in [0.1, 0.15) is 0 Å². The molecule has 2 unspecified atom stereocenters. The highest BCUT2D eigenvalue weighted by atomic mass is 16.5. The maximum Gasteiger partial charge on any atom is 0.0824 e. The fraction of sp³-hybridized carbons (Fsp3) is 1.00. The quantitative estimate of drug-likeness (QED) is 0.664. The highest BCUT2D eigenvalue weighted by molar-refractivity contribution is 4.70. The molecule has 0 bridgehead atoms. The first-order valence-electron chi connectivity index (χ1n) is 6.89. The van der Waals surface area contributed by atoms with Gasteiger partial charge in [-0.25, -0.2) is 0 Å². The van der Waals surface area contributed by atoms with Crippen molar-refractivity contribution in [3.63, 3.8) is 0 Å². The van der Waals surface area contributed by atoms with Crippen LogP contribution in [0, 0.1) is 5.92 Å². The summed E-state index contributed by atoms with van der Waals surface area (Å²) in [5.74, 6) is 0.844. The molecule has 1 aliphatic rings. The highest BCUT2D eigenvalue weighted by Gasteiger charge is 2.13. The van der Waals surface area contributed by atoms with Crippen molar-refractivity contribution in [1.29, 1.82) is 0 Å². The Morgan fingerprint density at radius 3 is 2.94 bits per heavy atom. The number of ether oxygens (including phenoxy) is 1. The van der Waals surface area contributed by atoms with E-state index in [9.17, 15) is 0 Å². The average Bonchev–Trinajstić information content (AvgIpc) is 2.35. The van der Waals surface area contributed by atoms with Gasteiger partial charge in [-0.05, 0) is 18.9 Å². The Morgan fingerprint density at radius 2 is 2.31 bits per heavy atom. The fourth-order valence-electron chi connectivity index (χ4n) is 2.14. The number of nitrogens with one attached hydrogen (secondary N) is 2. The largest absolute Gasteiger partial charge is 0.374 e. The van der Waals surface area contributed by atoms with Gasteiger partial charge in [0.15, 0.2) is 0 Å². The zero-order chi connectivity index (χ0) is 11.6. The molecule has 0 amide bonds. The molecule has 1 fully saturated rings. The van der Waals surface area contributed by atoms with Crippen LogP contribution in [-0.4, -0.2) is 38.9 Å². The van der Waals surface area contributed by atoms with Crippen LogP contribution < -0.4 is 10.6 Å². The molecule has 0 spiro atoms. The second-order valence-electron chi connectivity index (χ2n) is 4.77. The standard InChI is InChI=1S/C13H28N2O/c1-3-5-6-12(4-2)9-15-11-13-10-14-7-8-16-13/h12-15H,3-11H2,1-2H3. The van der Waals surface area contributed by atoms with Crippen LogP contribution in [0.25, 0.3) is 0 Å². The molecule has 2 N–H and O–H groups in total. The van der Waals surface area contributed by atoms with E-state index in [-0.39, 0.29) is 0 Å². The van der Waals surface area contributed by atoms with E-state index in [0.717, 1.165) is 38.7 Å². The Labute approximate surface area is 100 Å². The monoisotopic (exact) mass is 228 g/mol. The van der Waals surface area contributed by atoms with Crippen LogP contribution in [-0.2, 0) is 4.74 Å². The number of unbranched alkanes of at least 4 members (excludes halogenated alkanes) is 1. The second-order valence-corrected chi connectivity index (χ2v) is 4.77. The van der Waals surface area contributed by atoms with Gasteiger partial charge in [0.05, 0.1) is 12.7 Å². The molecule has 1 rings (SSSR count). The zero-order valence-corrected chi connectivity index (χ0v) is 10.9. The Hall–Kier alpha value is -0.120. The van der Waals surface area contributed by atoms with E-state index in [1.807, 2.05) is 0 Å². The third-order valence-corrected chi connectivity index (χ3v) is 3.35. The molecule has 3 heteroatoms. The highest BCUT2D eigenvalue weighted by Crippen LogP contribution is 2.11. The summed E-state index contributed by atoms with van der Waals surface area (Å²) in [5.41, 5.74) is 0. The van der Waals surface area contributed by atoms with Gasteiger partial charge in [0, 0.05) is 19.6 Å². The van der Waals surface area contributed by atoms with Crippen molar-refractivity contribution in [3.05, 3.63) is 0 Å². The lowest BCUT2D eigenvalue weighted by Crippen LogP contribution is -2.44. The molecule has 1 aliphatic heterocycles. The lowest BCUT2D eigenvalue weighted by Gasteiger charge is -2.25. The van der Waals surface area contributed by atoms with Crippen molar-refractivity contribution < 1.29 is 4.74 Å². The summed E-state index contributed by atoms with van der Waals surface area (Å²) >= 11 is 0. The predicted octanol–water partition coefficient (Wildman–Crippen LogP) is 1.78. The molecular weight excluding hydrogens is 200 g/mol.